The molecular formula is C18H20N2O5S2. The first-order valence-corrected chi connectivity index (χ1v) is 10.4. The van der Waals surface area contributed by atoms with Gasteiger partial charge >= 0.3 is 0 Å². The first-order valence-electron chi connectivity index (χ1n) is 8.42. The van der Waals surface area contributed by atoms with Gasteiger partial charge < -0.3 is 15.2 Å². The number of carbonyl (C=O) groups is 3. The third-order valence-corrected chi connectivity index (χ3v) is 6.33. The van der Waals surface area contributed by atoms with Crippen molar-refractivity contribution in [2.24, 2.45) is 0 Å². The van der Waals surface area contributed by atoms with Crippen molar-refractivity contribution in [3.63, 3.8) is 0 Å². The lowest BCUT2D eigenvalue weighted by molar-refractivity contribution is -0.124. The van der Waals surface area contributed by atoms with Crippen LogP contribution in [0.4, 0.5) is 4.79 Å². The van der Waals surface area contributed by atoms with Crippen LogP contribution in [0.25, 0.3) is 6.08 Å². The molecule has 2 aliphatic rings. The maximum Gasteiger partial charge on any atom is 0.293 e. The number of imide groups is 1. The average Bonchev–Trinajstić information content (AvgIpc) is 3.17. The van der Waals surface area contributed by atoms with E-state index in [2.05, 4.69) is 5.32 Å². The van der Waals surface area contributed by atoms with Crippen LogP contribution in [-0.4, -0.2) is 64.4 Å². The smallest absolute Gasteiger partial charge is 0.293 e. The molecule has 2 atom stereocenters. The molecule has 0 bridgehead atoms. The molecule has 0 radical (unpaired) electrons. The predicted octanol–water partition coefficient (Wildman–Crippen LogP) is 1.71. The summed E-state index contributed by atoms with van der Waals surface area (Å²) in [6.07, 6.45) is 1.11. The molecule has 1 aromatic rings. The largest absolute Gasteiger partial charge is 0.497 e. The fourth-order valence-corrected chi connectivity index (χ4v) is 4.75. The first-order chi connectivity index (χ1) is 13.0. The molecule has 144 valence electrons. The highest BCUT2D eigenvalue weighted by molar-refractivity contribution is 8.18. The Morgan fingerprint density at radius 3 is 2.70 bits per heavy atom. The molecule has 3 amide bonds. The Bertz CT molecular complexity index is 766. The number of thioether (sulfide) groups is 2. The maximum atomic E-state index is 12.5. The topological polar surface area (TPSA) is 95.9 Å². The number of aliphatic hydroxyl groups excluding tert-OH is 1. The summed E-state index contributed by atoms with van der Waals surface area (Å²) < 4.78 is 5.09. The average molecular weight is 409 g/mol. The summed E-state index contributed by atoms with van der Waals surface area (Å²) in [6, 6.07) is 6.87. The van der Waals surface area contributed by atoms with Crippen LogP contribution in [0.1, 0.15) is 12.0 Å². The zero-order valence-corrected chi connectivity index (χ0v) is 16.3. The van der Waals surface area contributed by atoms with Gasteiger partial charge in [0.2, 0.25) is 5.91 Å². The molecule has 0 spiro atoms. The van der Waals surface area contributed by atoms with Gasteiger partial charge in [0.05, 0.1) is 24.2 Å². The number of methoxy groups -OCH3 is 1. The molecule has 3 rings (SSSR count). The Morgan fingerprint density at radius 1 is 1.33 bits per heavy atom. The Labute approximate surface area is 165 Å². The van der Waals surface area contributed by atoms with Gasteiger partial charge in [-0.15, -0.1) is 0 Å². The lowest BCUT2D eigenvalue weighted by Gasteiger charge is -2.17. The molecule has 2 saturated heterocycles. The summed E-state index contributed by atoms with van der Waals surface area (Å²) in [5.41, 5.74) is 0.784. The summed E-state index contributed by atoms with van der Waals surface area (Å²) in [5, 5.41) is 12.1. The van der Waals surface area contributed by atoms with E-state index < -0.39 is 12.0 Å². The second-order valence-electron chi connectivity index (χ2n) is 6.14. The lowest BCUT2D eigenvalue weighted by Crippen LogP contribution is -2.43. The van der Waals surface area contributed by atoms with E-state index in [4.69, 9.17) is 4.74 Å². The van der Waals surface area contributed by atoms with Crippen LogP contribution in [-0.2, 0) is 9.59 Å². The highest BCUT2D eigenvalue weighted by atomic mass is 32.2. The molecule has 0 unspecified atom stereocenters. The van der Waals surface area contributed by atoms with E-state index in [1.54, 1.807) is 49.2 Å². The van der Waals surface area contributed by atoms with E-state index in [0.717, 1.165) is 22.2 Å². The van der Waals surface area contributed by atoms with Gasteiger partial charge in [-0.25, -0.2) is 0 Å². The minimum absolute atomic E-state index is 0.0156. The summed E-state index contributed by atoms with van der Waals surface area (Å²) in [6.45, 7) is 0.0202. The van der Waals surface area contributed by atoms with Gasteiger partial charge in [-0.05, 0) is 35.5 Å². The van der Waals surface area contributed by atoms with E-state index in [0.29, 0.717) is 22.2 Å². The van der Waals surface area contributed by atoms with Gasteiger partial charge in [-0.1, -0.05) is 12.1 Å². The van der Waals surface area contributed by atoms with Gasteiger partial charge in [-0.2, -0.15) is 11.8 Å². The second kappa shape index (κ2) is 8.81. The predicted molar refractivity (Wildman–Crippen MR) is 106 cm³/mol. The molecule has 7 nitrogen and oxygen atoms in total. The highest BCUT2D eigenvalue weighted by Crippen LogP contribution is 2.32. The summed E-state index contributed by atoms with van der Waals surface area (Å²) in [5.74, 6) is 1.30. The van der Waals surface area contributed by atoms with Gasteiger partial charge in [0.1, 0.15) is 5.75 Å². The van der Waals surface area contributed by atoms with Crippen molar-refractivity contribution >= 4 is 46.7 Å². The van der Waals surface area contributed by atoms with Gasteiger partial charge in [0, 0.05) is 24.5 Å². The number of ether oxygens (including phenoxy) is 1. The molecule has 0 aliphatic carbocycles. The molecule has 27 heavy (non-hydrogen) atoms. The minimum Gasteiger partial charge on any atom is -0.497 e. The number of hydrogen-bond acceptors (Lipinski definition) is 7. The standard InChI is InChI=1S/C18H20N2O5S2/c1-25-12-4-2-11(3-5-12)8-15-17(23)20(18(24)27-15)7-6-16(22)19-13-9-26-10-14(13)21/h2-5,8,13-14,21H,6-7,9-10H2,1H3,(H,19,22)/b15-8+/t13-,14+/m1/s1. The summed E-state index contributed by atoms with van der Waals surface area (Å²) >= 11 is 2.44. The summed E-state index contributed by atoms with van der Waals surface area (Å²) in [7, 11) is 1.57. The molecule has 9 heteroatoms. The van der Waals surface area contributed by atoms with E-state index in [1.165, 1.54) is 0 Å². The van der Waals surface area contributed by atoms with Gasteiger partial charge in [-0.3, -0.25) is 19.3 Å². The third kappa shape index (κ3) is 4.85. The van der Waals surface area contributed by atoms with Crippen molar-refractivity contribution in [3.05, 3.63) is 34.7 Å². The van der Waals surface area contributed by atoms with Gasteiger partial charge in [0.15, 0.2) is 0 Å². The van der Waals surface area contributed by atoms with E-state index in [-0.39, 0.29) is 30.2 Å². The normalized spacial score (nSPS) is 23.9. The van der Waals surface area contributed by atoms with Crippen LogP contribution >= 0.6 is 23.5 Å². The third-order valence-electron chi connectivity index (χ3n) is 4.25. The molecule has 1 aromatic carbocycles. The van der Waals surface area contributed by atoms with Crippen LogP contribution in [0.15, 0.2) is 29.2 Å². The quantitative estimate of drug-likeness (QED) is 0.692. The summed E-state index contributed by atoms with van der Waals surface area (Å²) in [4.78, 5) is 38.0. The number of carbonyl (C=O) groups excluding carboxylic acids is 3. The van der Waals surface area contributed by atoms with Crippen LogP contribution in [0.3, 0.4) is 0 Å². The molecule has 0 aromatic heterocycles. The Kier molecular flexibility index (Phi) is 6.46. The molecule has 2 N–H and O–H groups in total. The van der Waals surface area contributed by atoms with Crippen LogP contribution in [0.2, 0.25) is 0 Å². The number of nitrogens with one attached hydrogen (secondary N) is 1. The van der Waals surface area contributed by atoms with Gasteiger partial charge in [0.25, 0.3) is 11.1 Å². The minimum atomic E-state index is -0.552. The van der Waals surface area contributed by atoms with Crippen molar-refractivity contribution in [2.75, 3.05) is 25.2 Å². The van der Waals surface area contributed by atoms with Crippen molar-refractivity contribution in [1.82, 2.24) is 10.2 Å². The Balaban J connectivity index is 1.57. The SMILES string of the molecule is COc1ccc(/C=C2/SC(=O)N(CCC(=O)N[C@@H]3CSC[C@@H]3O)C2=O)cc1. The van der Waals surface area contributed by atoms with Crippen molar-refractivity contribution in [3.8, 4) is 5.75 Å². The number of amides is 3. The number of rotatable bonds is 6. The molecule has 0 saturated carbocycles. The highest BCUT2D eigenvalue weighted by Gasteiger charge is 2.35. The zero-order valence-electron chi connectivity index (χ0n) is 14.7. The van der Waals surface area contributed by atoms with Crippen LogP contribution < -0.4 is 10.1 Å². The molecule has 2 aliphatic heterocycles. The Morgan fingerprint density at radius 2 is 2.07 bits per heavy atom. The molecule has 2 heterocycles. The molecular weight excluding hydrogens is 388 g/mol. The van der Waals surface area contributed by atoms with E-state index >= 15 is 0 Å². The monoisotopic (exact) mass is 408 g/mol. The number of nitrogens with zero attached hydrogens (tertiary/aromatic N) is 1. The fourth-order valence-electron chi connectivity index (χ4n) is 2.72. The zero-order chi connectivity index (χ0) is 19.4. The van der Waals surface area contributed by atoms with Crippen molar-refractivity contribution < 1.29 is 24.2 Å². The fraction of sp³-hybridized carbons (Fsp3) is 0.389. The lowest BCUT2D eigenvalue weighted by atomic mass is 10.2. The first kappa shape index (κ1) is 19.8. The van der Waals surface area contributed by atoms with Crippen molar-refractivity contribution in [1.29, 1.82) is 0 Å². The molecule has 2 fully saturated rings. The van der Waals surface area contributed by atoms with E-state index in [9.17, 15) is 19.5 Å². The second-order valence-corrected chi connectivity index (χ2v) is 8.20. The maximum absolute atomic E-state index is 12.5. The Hall–Kier alpha value is -1.97. The van der Waals surface area contributed by atoms with Crippen molar-refractivity contribution in [2.45, 2.75) is 18.6 Å². The van der Waals surface area contributed by atoms with E-state index in [1.807, 2.05) is 0 Å². The number of benzene rings is 1. The van der Waals surface area contributed by atoms with Crippen LogP contribution in [0, 0.1) is 0 Å². The number of aliphatic hydroxyl groups is 1. The van der Waals surface area contributed by atoms with Crippen LogP contribution in [0.5, 0.6) is 5.75 Å². The number of hydrogen-bond donors (Lipinski definition) is 2.